The molecule has 0 saturated carbocycles. The summed E-state index contributed by atoms with van der Waals surface area (Å²) in [6.07, 6.45) is 0. The van der Waals surface area contributed by atoms with Gasteiger partial charge in [-0.05, 0) is 36.4 Å². The molecule has 0 radical (unpaired) electrons. The lowest BCUT2D eigenvalue weighted by atomic mass is 10.2. The molecule has 19 heavy (non-hydrogen) atoms. The Balaban J connectivity index is 2.38. The van der Waals surface area contributed by atoms with Crippen molar-refractivity contribution < 1.29 is 12.8 Å². The number of nitrogens with two attached hydrogens (primary N) is 1. The van der Waals surface area contributed by atoms with Crippen LogP contribution in [-0.2, 0) is 10.0 Å². The summed E-state index contributed by atoms with van der Waals surface area (Å²) in [5.74, 6) is -0.605. The van der Waals surface area contributed by atoms with Crippen molar-refractivity contribution in [1.29, 1.82) is 0 Å². The van der Waals surface area contributed by atoms with Gasteiger partial charge in [0.2, 0.25) is 0 Å². The van der Waals surface area contributed by atoms with Crippen LogP contribution in [-0.4, -0.2) is 14.3 Å². The van der Waals surface area contributed by atoms with Crippen molar-refractivity contribution in [2.75, 3.05) is 0 Å². The van der Waals surface area contributed by atoms with E-state index < -0.39 is 15.8 Å². The topological polar surface area (TPSA) is 72.5 Å². The molecule has 98 valence electrons. The van der Waals surface area contributed by atoms with Crippen molar-refractivity contribution in [3.63, 3.8) is 0 Å². The van der Waals surface area contributed by atoms with E-state index in [0.717, 1.165) is 0 Å². The molecule has 0 fully saturated rings. The highest BCUT2D eigenvalue weighted by Gasteiger charge is 2.13. The van der Waals surface area contributed by atoms with Crippen LogP contribution in [0.4, 0.5) is 4.39 Å². The van der Waals surface area contributed by atoms with Gasteiger partial charge in [-0.2, -0.15) is 8.42 Å². The molecule has 0 aromatic heterocycles. The molecule has 0 aliphatic rings. The first-order chi connectivity index (χ1) is 8.99. The SMILES string of the molecule is NC(=NS(=O)(=O)c1ccccc1)c1ccc(F)cc1. The highest BCUT2D eigenvalue weighted by molar-refractivity contribution is 7.90. The van der Waals surface area contributed by atoms with E-state index >= 15 is 0 Å². The zero-order valence-electron chi connectivity index (χ0n) is 9.82. The molecular formula is C13H11FN2O2S. The molecule has 0 spiro atoms. The van der Waals surface area contributed by atoms with Crippen LogP contribution in [0.2, 0.25) is 0 Å². The van der Waals surface area contributed by atoms with Gasteiger partial charge < -0.3 is 5.73 Å². The minimum absolute atomic E-state index is 0.0556. The molecule has 2 aromatic carbocycles. The van der Waals surface area contributed by atoms with Crippen molar-refractivity contribution in [2.24, 2.45) is 10.1 Å². The number of hydrogen-bond donors (Lipinski definition) is 1. The van der Waals surface area contributed by atoms with Gasteiger partial charge in [-0.15, -0.1) is 4.40 Å². The molecule has 2 rings (SSSR count). The van der Waals surface area contributed by atoms with Crippen LogP contribution in [0.5, 0.6) is 0 Å². The van der Waals surface area contributed by atoms with E-state index in [4.69, 9.17) is 5.73 Å². The Bertz CT molecular complexity index is 695. The first-order valence-corrected chi connectivity index (χ1v) is 6.84. The Morgan fingerprint density at radius 1 is 1.00 bits per heavy atom. The second-order valence-electron chi connectivity index (χ2n) is 3.77. The van der Waals surface area contributed by atoms with Crippen molar-refractivity contribution in [1.82, 2.24) is 0 Å². The maximum atomic E-state index is 12.8. The summed E-state index contributed by atoms with van der Waals surface area (Å²) < 4.78 is 40.2. The summed E-state index contributed by atoms with van der Waals surface area (Å²) in [7, 11) is -3.85. The summed E-state index contributed by atoms with van der Waals surface area (Å²) in [4.78, 5) is 0.0556. The highest BCUT2D eigenvalue weighted by atomic mass is 32.2. The quantitative estimate of drug-likeness (QED) is 0.688. The fraction of sp³-hybridized carbons (Fsp3) is 0. The smallest absolute Gasteiger partial charge is 0.284 e. The molecule has 0 amide bonds. The largest absolute Gasteiger partial charge is 0.383 e. The third-order valence-electron chi connectivity index (χ3n) is 2.40. The molecule has 2 aromatic rings. The average Bonchev–Trinajstić information content (AvgIpc) is 2.40. The molecule has 0 bridgehead atoms. The second-order valence-corrected chi connectivity index (χ2v) is 5.38. The van der Waals surface area contributed by atoms with Crippen molar-refractivity contribution in [2.45, 2.75) is 4.90 Å². The maximum Gasteiger partial charge on any atom is 0.284 e. The fourth-order valence-corrected chi connectivity index (χ4v) is 2.42. The van der Waals surface area contributed by atoms with Crippen LogP contribution in [0.1, 0.15) is 5.56 Å². The highest BCUT2D eigenvalue weighted by Crippen LogP contribution is 2.12. The summed E-state index contributed by atoms with van der Waals surface area (Å²) in [5, 5.41) is 0. The summed E-state index contributed by atoms with van der Waals surface area (Å²) in [6.45, 7) is 0. The minimum atomic E-state index is -3.85. The fourth-order valence-electron chi connectivity index (χ4n) is 1.45. The first kappa shape index (κ1) is 13.2. The van der Waals surface area contributed by atoms with Crippen molar-refractivity contribution >= 4 is 15.9 Å². The first-order valence-electron chi connectivity index (χ1n) is 5.40. The zero-order valence-corrected chi connectivity index (χ0v) is 10.6. The third kappa shape index (κ3) is 3.17. The Hall–Kier alpha value is -2.21. The molecule has 0 atom stereocenters. The lowest BCUT2D eigenvalue weighted by Crippen LogP contribution is -2.16. The molecule has 6 heteroatoms. The van der Waals surface area contributed by atoms with Crippen LogP contribution in [0, 0.1) is 5.82 Å². The monoisotopic (exact) mass is 278 g/mol. The van der Waals surface area contributed by atoms with Gasteiger partial charge in [0.25, 0.3) is 10.0 Å². The van der Waals surface area contributed by atoms with E-state index in [9.17, 15) is 12.8 Å². The van der Waals surface area contributed by atoms with Crippen LogP contribution < -0.4 is 5.73 Å². The molecule has 0 heterocycles. The molecule has 0 aliphatic carbocycles. The standard InChI is InChI=1S/C13H11FN2O2S/c14-11-8-6-10(7-9-11)13(15)16-19(17,18)12-4-2-1-3-5-12/h1-9H,(H2,15,16). The predicted octanol–water partition coefficient (Wildman–Crippen LogP) is 1.92. The van der Waals surface area contributed by atoms with Gasteiger partial charge >= 0.3 is 0 Å². The van der Waals surface area contributed by atoms with E-state index in [1.165, 1.54) is 36.4 Å². The van der Waals surface area contributed by atoms with Gasteiger partial charge in [0.1, 0.15) is 11.7 Å². The van der Waals surface area contributed by atoms with Gasteiger partial charge in [-0.1, -0.05) is 18.2 Å². The van der Waals surface area contributed by atoms with E-state index in [0.29, 0.717) is 5.56 Å². The number of halogens is 1. The lowest BCUT2D eigenvalue weighted by Gasteiger charge is -2.02. The van der Waals surface area contributed by atoms with Gasteiger partial charge in [0.15, 0.2) is 0 Å². The van der Waals surface area contributed by atoms with E-state index in [1.54, 1.807) is 18.2 Å². The van der Waals surface area contributed by atoms with E-state index in [-0.39, 0.29) is 10.7 Å². The number of benzene rings is 2. The Kier molecular flexibility index (Phi) is 3.62. The second kappa shape index (κ2) is 5.19. The average molecular weight is 278 g/mol. The molecular weight excluding hydrogens is 267 g/mol. The van der Waals surface area contributed by atoms with Crippen LogP contribution in [0.3, 0.4) is 0 Å². The lowest BCUT2D eigenvalue weighted by molar-refractivity contribution is 0.598. The van der Waals surface area contributed by atoms with Crippen molar-refractivity contribution in [3.05, 3.63) is 66.0 Å². The summed E-state index contributed by atoms with van der Waals surface area (Å²) in [5.41, 5.74) is 5.96. The van der Waals surface area contributed by atoms with Crippen LogP contribution in [0.25, 0.3) is 0 Å². The maximum absolute atomic E-state index is 12.8. The zero-order chi connectivity index (χ0) is 13.9. The molecule has 4 nitrogen and oxygen atoms in total. The molecule has 0 aliphatic heterocycles. The summed E-state index contributed by atoms with van der Waals surface area (Å²) >= 11 is 0. The van der Waals surface area contributed by atoms with Crippen molar-refractivity contribution in [3.8, 4) is 0 Å². The Morgan fingerprint density at radius 3 is 2.16 bits per heavy atom. The Labute approximate surface area is 110 Å². The van der Waals surface area contributed by atoms with E-state index in [1.807, 2.05) is 0 Å². The number of amidine groups is 1. The van der Waals surface area contributed by atoms with Gasteiger partial charge in [0, 0.05) is 5.56 Å². The van der Waals surface area contributed by atoms with Crippen LogP contribution in [0.15, 0.2) is 63.9 Å². The number of rotatable bonds is 3. The molecule has 0 saturated heterocycles. The summed E-state index contributed by atoms with van der Waals surface area (Å²) in [6, 6.07) is 12.9. The van der Waals surface area contributed by atoms with Gasteiger partial charge in [-0.3, -0.25) is 0 Å². The number of sulfonamides is 1. The van der Waals surface area contributed by atoms with Gasteiger partial charge in [0.05, 0.1) is 4.90 Å². The van der Waals surface area contributed by atoms with Gasteiger partial charge in [-0.25, -0.2) is 4.39 Å². The normalized spacial score (nSPS) is 12.4. The minimum Gasteiger partial charge on any atom is -0.383 e. The number of nitrogens with zero attached hydrogens (tertiary/aromatic N) is 1. The molecule has 0 unspecified atom stereocenters. The number of hydrogen-bond acceptors (Lipinski definition) is 2. The van der Waals surface area contributed by atoms with Crippen LogP contribution >= 0.6 is 0 Å². The van der Waals surface area contributed by atoms with E-state index in [2.05, 4.69) is 4.40 Å². The Morgan fingerprint density at radius 2 is 1.58 bits per heavy atom. The predicted molar refractivity (Wildman–Crippen MR) is 70.8 cm³/mol. The molecule has 2 N–H and O–H groups in total. The third-order valence-corrected chi connectivity index (χ3v) is 3.70.